The highest BCUT2D eigenvalue weighted by atomic mass is 32.2. The highest BCUT2D eigenvalue weighted by molar-refractivity contribution is 7.92. The zero-order chi connectivity index (χ0) is 21.5. The summed E-state index contributed by atoms with van der Waals surface area (Å²) in [6.45, 7) is 4.12. The summed E-state index contributed by atoms with van der Waals surface area (Å²) >= 11 is 0. The second kappa shape index (κ2) is 7.53. The maximum absolute atomic E-state index is 13.0. The minimum atomic E-state index is -3.81. The van der Waals surface area contributed by atoms with Crippen molar-refractivity contribution in [3.63, 3.8) is 0 Å². The minimum Gasteiger partial charge on any atom is -0.496 e. The summed E-state index contributed by atoms with van der Waals surface area (Å²) in [5, 5.41) is 0. The Labute approximate surface area is 175 Å². The average Bonchev–Trinajstić information content (AvgIpc) is 3.37. The maximum Gasteiger partial charge on any atom is 0.293 e. The van der Waals surface area contributed by atoms with Gasteiger partial charge in [0, 0.05) is 12.2 Å². The molecule has 156 valence electrons. The Kier molecular flexibility index (Phi) is 5.03. The van der Waals surface area contributed by atoms with Gasteiger partial charge in [-0.25, -0.2) is 8.42 Å². The quantitative estimate of drug-likeness (QED) is 0.668. The lowest BCUT2D eigenvalue weighted by Gasteiger charge is -2.17. The van der Waals surface area contributed by atoms with Gasteiger partial charge in [0.1, 0.15) is 5.75 Å². The van der Waals surface area contributed by atoms with Crippen molar-refractivity contribution in [2.75, 3.05) is 23.3 Å². The van der Waals surface area contributed by atoms with Crippen LogP contribution in [-0.4, -0.2) is 28.0 Å². The number of carbonyl (C=O) groups is 1. The Balaban J connectivity index is 1.64. The van der Waals surface area contributed by atoms with Gasteiger partial charge in [0.25, 0.3) is 15.9 Å². The standard InChI is InChI=1S/C22H22N2O5S/c1-14-11-18(12-15(2)21(14)28-3)30(26,27)23-17-7-6-16-8-9-24(19(16)13-17)22(25)20-5-4-10-29-20/h4-7,10-13,23H,8-9H2,1-3H3. The zero-order valence-electron chi connectivity index (χ0n) is 16.9. The maximum atomic E-state index is 13.0. The fraction of sp³-hybridized carbons (Fsp3) is 0.227. The highest BCUT2D eigenvalue weighted by Crippen LogP contribution is 2.33. The molecule has 2 aromatic carbocycles. The van der Waals surface area contributed by atoms with E-state index in [1.54, 1.807) is 62.3 Å². The van der Waals surface area contributed by atoms with Crippen LogP contribution in [0.25, 0.3) is 0 Å². The van der Waals surface area contributed by atoms with Crippen molar-refractivity contribution in [2.45, 2.75) is 25.2 Å². The van der Waals surface area contributed by atoms with E-state index in [9.17, 15) is 13.2 Å². The van der Waals surface area contributed by atoms with Crippen LogP contribution in [0, 0.1) is 13.8 Å². The van der Waals surface area contributed by atoms with E-state index in [1.807, 2.05) is 6.07 Å². The lowest BCUT2D eigenvalue weighted by atomic mass is 10.1. The predicted molar refractivity (Wildman–Crippen MR) is 114 cm³/mol. The SMILES string of the molecule is COc1c(C)cc(S(=O)(=O)Nc2ccc3c(c2)N(C(=O)c2ccco2)CC3)cc1C. The minimum absolute atomic E-state index is 0.155. The van der Waals surface area contributed by atoms with Gasteiger partial charge < -0.3 is 14.1 Å². The van der Waals surface area contributed by atoms with E-state index in [-0.39, 0.29) is 16.6 Å². The molecule has 2 heterocycles. The van der Waals surface area contributed by atoms with Crippen molar-refractivity contribution in [2.24, 2.45) is 0 Å². The first-order valence-electron chi connectivity index (χ1n) is 9.46. The largest absolute Gasteiger partial charge is 0.496 e. The van der Waals surface area contributed by atoms with E-state index in [0.29, 0.717) is 30.1 Å². The van der Waals surface area contributed by atoms with Crippen LogP contribution in [0.15, 0.2) is 58.0 Å². The van der Waals surface area contributed by atoms with E-state index < -0.39 is 10.0 Å². The van der Waals surface area contributed by atoms with E-state index in [2.05, 4.69) is 4.72 Å². The van der Waals surface area contributed by atoms with Crippen LogP contribution in [0.3, 0.4) is 0 Å². The molecule has 0 aliphatic carbocycles. The molecule has 0 bridgehead atoms. The number of sulfonamides is 1. The van der Waals surface area contributed by atoms with Gasteiger partial charge in [0.05, 0.1) is 24.0 Å². The topological polar surface area (TPSA) is 88.9 Å². The second-order valence-electron chi connectivity index (χ2n) is 7.22. The van der Waals surface area contributed by atoms with Crippen LogP contribution >= 0.6 is 0 Å². The fourth-order valence-corrected chi connectivity index (χ4v) is 5.01. The molecule has 7 nitrogen and oxygen atoms in total. The molecule has 1 aliphatic heterocycles. The first-order valence-corrected chi connectivity index (χ1v) is 10.9. The Morgan fingerprint density at radius 3 is 2.50 bits per heavy atom. The van der Waals surface area contributed by atoms with E-state index in [4.69, 9.17) is 9.15 Å². The van der Waals surface area contributed by atoms with Gasteiger partial charge in [0.15, 0.2) is 5.76 Å². The lowest BCUT2D eigenvalue weighted by molar-refractivity contribution is 0.0963. The Morgan fingerprint density at radius 1 is 1.13 bits per heavy atom. The van der Waals surface area contributed by atoms with E-state index in [1.165, 1.54) is 6.26 Å². The van der Waals surface area contributed by atoms with Crippen LogP contribution in [-0.2, 0) is 16.4 Å². The third-order valence-electron chi connectivity index (χ3n) is 5.16. The van der Waals surface area contributed by atoms with Crippen molar-refractivity contribution in [1.29, 1.82) is 0 Å². The van der Waals surface area contributed by atoms with Gasteiger partial charge in [-0.2, -0.15) is 0 Å². The smallest absolute Gasteiger partial charge is 0.293 e. The van der Waals surface area contributed by atoms with Crippen LogP contribution in [0.4, 0.5) is 11.4 Å². The normalized spacial score (nSPS) is 13.2. The molecule has 1 aromatic heterocycles. The number of ether oxygens (including phenoxy) is 1. The first-order chi connectivity index (χ1) is 14.3. The van der Waals surface area contributed by atoms with Gasteiger partial charge in [-0.3, -0.25) is 9.52 Å². The Bertz CT molecular complexity index is 1190. The molecule has 1 amide bonds. The van der Waals surface area contributed by atoms with Crippen molar-refractivity contribution in [3.8, 4) is 5.75 Å². The number of hydrogen-bond acceptors (Lipinski definition) is 5. The summed E-state index contributed by atoms with van der Waals surface area (Å²) in [5.41, 5.74) is 3.52. The molecule has 4 rings (SSSR count). The van der Waals surface area contributed by atoms with Crippen molar-refractivity contribution in [3.05, 3.63) is 71.2 Å². The highest BCUT2D eigenvalue weighted by Gasteiger charge is 2.28. The van der Waals surface area contributed by atoms with E-state index >= 15 is 0 Å². The predicted octanol–water partition coefficient (Wildman–Crippen LogP) is 3.91. The van der Waals surface area contributed by atoms with Crippen LogP contribution in [0.5, 0.6) is 5.75 Å². The summed E-state index contributed by atoms with van der Waals surface area (Å²) in [6, 6.07) is 11.7. The number of amides is 1. The van der Waals surface area contributed by atoms with Crippen molar-refractivity contribution >= 4 is 27.3 Å². The number of carbonyl (C=O) groups excluding carboxylic acids is 1. The molecular weight excluding hydrogens is 404 g/mol. The van der Waals surface area contributed by atoms with Crippen LogP contribution in [0.2, 0.25) is 0 Å². The number of hydrogen-bond donors (Lipinski definition) is 1. The molecule has 1 N–H and O–H groups in total. The molecule has 0 unspecified atom stereocenters. The number of nitrogens with one attached hydrogen (secondary N) is 1. The number of methoxy groups -OCH3 is 1. The summed E-state index contributed by atoms with van der Waals surface area (Å²) in [7, 11) is -2.25. The summed E-state index contributed by atoms with van der Waals surface area (Å²) in [5.74, 6) is 0.664. The van der Waals surface area contributed by atoms with Crippen LogP contribution < -0.4 is 14.4 Å². The molecule has 1 aliphatic rings. The summed E-state index contributed by atoms with van der Waals surface area (Å²) in [6.07, 6.45) is 2.15. The van der Waals surface area contributed by atoms with Crippen LogP contribution in [0.1, 0.15) is 27.2 Å². The number of rotatable bonds is 5. The third kappa shape index (κ3) is 3.54. The Morgan fingerprint density at radius 2 is 1.87 bits per heavy atom. The molecule has 0 spiro atoms. The number of furan rings is 1. The molecular formula is C22H22N2O5S. The van der Waals surface area contributed by atoms with Gasteiger partial charge >= 0.3 is 0 Å². The number of anilines is 2. The van der Waals surface area contributed by atoms with Gasteiger partial charge in [0.2, 0.25) is 0 Å². The molecule has 0 saturated carbocycles. The zero-order valence-corrected chi connectivity index (χ0v) is 17.7. The molecule has 8 heteroatoms. The molecule has 0 saturated heterocycles. The third-order valence-corrected chi connectivity index (χ3v) is 6.52. The summed E-state index contributed by atoms with van der Waals surface area (Å²) in [4.78, 5) is 14.5. The number of benzene rings is 2. The first kappa shape index (κ1) is 20.0. The molecule has 0 atom stereocenters. The monoisotopic (exact) mass is 426 g/mol. The number of aryl methyl sites for hydroxylation is 2. The van der Waals surface area contributed by atoms with Gasteiger partial charge in [-0.1, -0.05) is 6.07 Å². The average molecular weight is 426 g/mol. The molecule has 0 fully saturated rings. The number of nitrogens with zero attached hydrogens (tertiary/aromatic N) is 1. The second-order valence-corrected chi connectivity index (χ2v) is 8.91. The molecule has 3 aromatic rings. The van der Waals surface area contributed by atoms with Gasteiger partial charge in [-0.05, 0) is 73.4 Å². The molecule has 30 heavy (non-hydrogen) atoms. The van der Waals surface area contributed by atoms with Crippen molar-refractivity contribution in [1.82, 2.24) is 0 Å². The van der Waals surface area contributed by atoms with Gasteiger partial charge in [-0.15, -0.1) is 0 Å². The molecule has 0 radical (unpaired) electrons. The van der Waals surface area contributed by atoms with Crippen molar-refractivity contribution < 1.29 is 22.4 Å². The lowest BCUT2D eigenvalue weighted by Crippen LogP contribution is -2.28. The van der Waals surface area contributed by atoms with E-state index in [0.717, 1.165) is 16.7 Å². The number of fused-ring (bicyclic) bond motifs is 1. The summed E-state index contributed by atoms with van der Waals surface area (Å²) < 4.78 is 39.1. The Hall–Kier alpha value is -3.26. The fourth-order valence-electron chi connectivity index (χ4n) is 3.79.